The lowest BCUT2D eigenvalue weighted by atomic mass is 10.2. The fraction of sp³-hybridized carbons (Fsp3) is 0.538. The molecule has 0 spiro atoms. The second-order valence-corrected chi connectivity index (χ2v) is 5.39. The lowest BCUT2D eigenvalue weighted by Crippen LogP contribution is -2.19. The number of nitrogens with zero attached hydrogens (tertiary/aromatic N) is 1. The van der Waals surface area contributed by atoms with E-state index in [9.17, 15) is 0 Å². The van der Waals surface area contributed by atoms with Crippen LogP contribution in [0.2, 0.25) is 0 Å². The third-order valence-corrected chi connectivity index (χ3v) is 3.28. The Labute approximate surface area is 112 Å². The maximum absolute atomic E-state index is 8.68. The zero-order valence-electron chi connectivity index (χ0n) is 9.82. The van der Waals surface area contributed by atoms with Crippen LogP contribution in [0.4, 0.5) is 0 Å². The van der Waals surface area contributed by atoms with Gasteiger partial charge < -0.3 is 10.0 Å². The van der Waals surface area contributed by atoms with Crippen molar-refractivity contribution in [2.45, 2.75) is 25.8 Å². The number of aliphatic hydroxyl groups is 1. The number of halogens is 1. The highest BCUT2D eigenvalue weighted by Crippen LogP contribution is 2.09. The first kappa shape index (κ1) is 13.9. The molecule has 1 N–H and O–H groups in total. The number of hydrogen-bond donors (Lipinski definition) is 1. The molecule has 3 heteroatoms. The van der Waals surface area contributed by atoms with Crippen molar-refractivity contribution in [3.05, 3.63) is 33.4 Å². The van der Waals surface area contributed by atoms with Crippen molar-refractivity contribution in [1.29, 1.82) is 0 Å². The molecule has 0 bridgehead atoms. The predicted molar refractivity (Wildman–Crippen MR) is 76.4 cm³/mol. The SMILES string of the molecule is CN(CCCCCO)Cc1ccc(I)cc1. The van der Waals surface area contributed by atoms with Gasteiger partial charge in [0.1, 0.15) is 0 Å². The number of aliphatic hydroxyl groups excluding tert-OH is 1. The van der Waals surface area contributed by atoms with Crippen LogP contribution >= 0.6 is 22.6 Å². The van der Waals surface area contributed by atoms with Crippen LogP contribution in [-0.4, -0.2) is 30.2 Å². The molecule has 90 valence electrons. The van der Waals surface area contributed by atoms with Crippen LogP contribution in [0.3, 0.4) is 0 Å². The Morgan fingerprint density at radius 3 is 2.44 bits per heavy atom. The van der Waals surface area contributed by atoms with E-state index in [1.807, 2.05) is 0 Å². The van der Waals surface area contributed by atoms with Gasteiger partial charge in [0, 0.05) is 16.7 Å². The maximum atomic E-state index is 8.68. The highest BCUT2D eigenvalue weighted by molar-refractivity contribution is 14.1. The van der Waals surface area contributed by atoms with E-state index in [1.165, 1.54) is 15.6 Å². The van der Waals surface area contributed by atoms with E-state index in [0.29, 0.717) is 6.61 Å². The molecule has 1 rings (SSSR count). The Balaban J connectivity index is 2.23. The Hall–Kier alpha value is -0.130. The van der Waals surface area contributed by atoms with Gasteiger partial charge in [-0.05, 0) is 73.1 Å². The third kappa shape index (κ3) is 5.82. The minimum atomic E-state index is 0.320. The lowest BCUT2D eigenvalue weighted by Gasteiger charge is -2.16. The van der Waals surface area contributed by atoms with E-state index in [2.05, 4.69) is 58.8 Å². The number of benzene rings is 1. The van der Waals surface area contributed by atoms with Gasteiger partial charge in [0.15, 0.2) is 0 Å². The van der Waals surface area contributed by atoms with Gasteiger partial charge in [-0.3, -0.25) is 0 Å². The highest BCUT2D eigenvalue weighted by Gasteiger charge is 2.00. The van der Waals surface area contributed by atoms with Gasteiger partial charge >= 0.3 is 0 Å². The van der Waals surface area contributed by atoms with Crippen molar-refractivity contribution >= 4 is 22.6 Å². The fourth-order valence-electron chi connectivity index (χ4n) is 1.65. The maximum Gasteiger partial charge on any atom is 0.0431 e. The van der Waals surface area contributed by atoms with Crippen LogP contribution in [0, 0.1) is 3.57 Å². The van der Waals surface area contributed by atoms with Gasteiger partial charge in [-0.15, -0.1) is 0 Å². The van der Waals surface area contributed by atoms with E-state index in [-0.39, 0.29) is 0 Å². The fourth-order valence-corrected chi connectivity index (χ4v) is 2.01. The molecule has 0 aliphatic heterocycles. The first-order valence-electron chi connectivity index (χ1n) is 5.76. The summed E-state index contributed by atoms with van der Waals surface area (Å²) in [6.07, 6.45) is 3.21. The quantitative estimate of drug-likeness (QED) is 0.613. The van der Waals surface area contributed by atoms with Gasteiger partial charge in [-0.25, -0.2) is 0 Å². The second kappa shape index (κ2) is 8.03. The third-order valence-electron chi connectivity index (χ3n) is 2.56. The molecular weight excluding hydrogens is 313 g/mol. The van der Waals surface area contributed by atoms with Crippen LogP contribution in [0.5, 0.6) is 0 Å². The van der Waals surface area contributed by atoms with Crippen molar-refractivity contribution in [3.8, 4) is 0 Å². The van der Waals surface area contributed by atoms with Crippen LogP contribution in [0.25, 0.3) is 0 Å². The largest absolute Gasteiger partial charge is 0.396 e. The van der Waals surface area contributed by atoms with Crippen LogP contribution in [-0.2, 0) is 6.54 Å². The van der Waals surface area contributed by atoms with Crippen molar-refractivity contribution in [3.63, 3.8) is 0 Å². The summed E-state index contributed by atoms with van der Waals surface area (Å²) >= 11 is 2.32. The number of unbranched alkanes of at least 4 members (excludes halogenated alkanes) is 2. The van der Waals surface area contributed by atoms with Crippen molar-refractivity contribution in [1.82, 2.24) is 4.90 Å². The van der Waals surface area contributed by atoms with Crippen molar-refractivity contribution < 1.29 is 5.11 Å². The first-order valence-corrected chi connectivity index (χ1v) is 6.84. The average molecular weight is 333 g/mol. The molecule has 0 unspecified atom stereocenters. The summed E-state index contributed by atoms with van der Waals surface area (Å²) in [5.74, 6) is 0. The summed E-state index contributed by atoms with van der Waals surface area (Å²) < 4.78 is 1.28. The normalized spacial score (nSPS) is 11.0. The summed E-state index contributed by atoms with van der Waals surface area (Å²) in [5.41, 5.74) is 1.37. The molecule has 1 aromatic rings. The highest BCUT2D eigenvalue weighted by atomic mass is 127. The Morgan fingerprint density at radius 2 is 1.81 bits per heavy atom. The van der Waals surface area contributed by atoms with Crippen molar-refractivity contribution in [2.24, 2.45) is 0 Å². The zero-order chi connectivity index (χ0) is 11.8. The van der Waals surface area contributed by atoms with Gasteiger partial charge in [0.25, 0.3) is 0 Å². The molecule has 0 heterocycles. The summed E-state index contributed by atoms with van der Waals surface area (Å²) in [6.45, 7) is 2.43. The van der Waals surface area contributed by atoms with Gasteiger partial charge in [0.2, 0.25) is 0 Å². The van der Waals surface area contributed by atoms with Crippen LogP contribution in [0.15, 0.2) is 24.3 Å². The zero-order valence-corrected chi connectivity index (χ0v) is 12.0. The topological polar surface area (TPSA) is 23.5 Å². The molecule has 0 atom stereocenters. The van der Waals surface area contributed by atoms with E-state index in [0.717, 1.165) is 25.9 Å². The molecule has 0 saturated carbocycles. The van der Waals surface area contributed by atoms with Gasteiger partial charge in [-0.1, -0.05) is 12.1 Å². The summed E-state index contributed by atoms with van der Waals surface area (Å²) in [7, 11) is 2.15. The molecule has 0 aromatic heterocycles. The summed E-state index contributed by atoms with van der Waals surface area (Å²) in [4.78, 5) is 2.33. The minimum Gasteiger partial charge on any atom is -0.396 e. The first-order chi connectivity index (χ1) is 7.72. The standard InChI is InChI=1S/C13H20INO/c1-15(9-3-2-4-10-16)11-12-5-7-13(14)8-6-12/h5-8,16H,2-4,9-11H2,1H3. The summed E-state index contributed by atoms with van der Waals surface area (Å²) in [6, 6.07) is 8.67. The van der Waals surface area contributed by atoms with E-state index >= 15 is 0 Å². The number of hydrogen-bond acceptors (Lipinski definition) is 2. The molecular formula is C13H20INO. The molecule has 0 aliphatic rings. The molecule has 1 aromatic carbocycles. The monoisotopic (exact) mass is 333 g/mol. The molecule has 0 fully saturated rings. The average Bonchev–Trinajstić information content (AvgIpc) is 2.28. The Bertz CT molecular complexity index is 286. The van der Waals surface area contributed by atoms with Crippen LogP contribution < -0.4 is 0 Å². The Kier molecular flexibility index (Phi) is 7.00. The van der Waals surface area contributed by atoms with Gasteiger partial charge in [0.05, 0.1) is 0 Å². The lowest BCUT2D eigenvalue weighted by molar-refractivity contribution is 0.271. The smallest absolute Gasteiger partial charge is 0.0431 e. The Morgan fingerprint density at radius 1 is 1.12 bits per heavy atom. The minimum absolute atomic E-state index is 0.320. The van der Waals surface area contributed by atoms with E-state index in [4.69, 9.17) is 5.11 Å². The number of rotatable bonds is 7. The molecule has 0 aliphatic carbocycles. The molecule has 0 amide bonds. The molecule has 16 heavy (non-hydrogen) atoms. The molecule has 0 saturated heterocycles. The molecule has 2 nitrogen and oxygen atoms in total. The van der Waals surface area contributed by atoms with E-state index < -0.39 is 0 Å². The predicted octanol–water partition coefficient (Wildman–Crippen LogP) is 2.89. The van der Waals surface area contributed by atoms with Crippen molar-refractivity contribution in [2.75, 3.05) is 20.2 Å². The second-order valence-electron chi connectivity index (χ2n) is 4.15. The van der Waals surface area contributed by atoms with E-state index in [1.54, 1.807) is 0 Å². The van der Waals surface area contributed by atoms with Gasteiger partial charge in [-0.2, -0.15) is 0 Å². The molecule has 0 radical (unpaired) electrons. The van der Waals surface area contributed by atoms with Crippen LogP contribution in [0.1, 0.15) is 24.8 Å². The summed E-state index contributed by atoms with van der Waals surface area (Å²) in [5, 5.41) is 8.68.